The maximum absolute atomic E-state index is 11.4. The fourth-order valence-corrected chi connectivity index (χ4v) is 1.94. The van der Waals surface area contributed by atoms with Gasteiger partial charge in [0.05, 0.1) is 5.92 Å². The smallest absolute Gasteiger partial charge is 0.231 e. The van der Waals surface area contributed by atoms with Gasteiger partial charge in [-0.15, -0.1) is 0 Å². The van der Waals surface area contributed by atoms with E-state index in [2.05, 4.69) is 10.1 Å². The van der Waals surface area contributed by atoms with Crippen molar-refractivity contribution < 1.29 is 12.9 Å². The van der Waals surface area contributed by atoms with E-state index in [-0.39, 0.29) is 11.7 Å². The van der Waals surface area contributed by atoms with Gasteiger partial charge in [0, 0.05) is 12.8 Å². The molecule has 0 aliphatic rings. The molecule has 2 atom stereocenters. The van der Waals surface area contributed by atoms with Crippen LogP contribution < -0.4 is 5.73 Å². The normalized spacial score (nSPS) is 15.8. The van der Waals surface area contributed by atoms with Gasteiger partial charge in [-0.2, -0.15) is 4.98 Å². The molecule has 6 nitrogen and oxygen atoms in total. The van der Waals surface area contributed by atoms with E-state index in [1.165, 1.54) is 0 Å². The summed E-state index contributed by atoms with van der Waals surface area (Å²) < 4.78 is 27.8. The first-order valence-corrected chi connectivity index (χ1v) is 7.58. The lowest BCUT2D eigenvalue weighted by atomic mass is 10.0. The van der Waals surface area contributed by atoms with Crippen LogP contribution in [-0.4, -0.2) is 31.4 Å². The molecule has 0 bridgehead atoms. The molecule has 2 unspecified atom stereocenters. The number of aromatic nitrogens is 2. The van der Waals surface area contributed by atoms with Crippen LogP contribution in [0.2, 0.25) is 0 Å². The molecular weight excluding hydrogens is 242 g/mol. The second-order valence-corrected chi connectivity index (χ2v) is 6.55. The minimum absolute atomic E-state index is 0.00742. The van der Waals surface area contributed by atoms with Crippen molar-refractivity contribution in [2.45, 2.75) is 37.9 Å². The van der Waals surface area contributed by atoms with Crippen molar-refractivity contribution in [2.75, 3.05) is 12.8 Å². The first-order chi connectivity index (χ1) is 7.90. The highest BCUT2D eigenvalue weighted by Crippen LogP contribution is 2.22. The molecule has 1 rings (SSSR count). The number of sulfone groups is 1. The van der Waals surface area contributed by atoms with Crippen molar-refractivity contribution in [1.82, 2.24) is 10.1 Å². The van der Waals surface area contributed by atoms with Gasteiger partial charge in [0.1, 0.15) is 5.25 Å². The number of rotatable bonds is 6. The number of nitrogens with zero attached hydrogens (tertiary/aromatic N) is 2. The fourth-order valence-electron chi connectivity index (χ4n) is 1.46. The van der Waals surface area contributed by atoms with Gasteiger partial charge >= 0.3 is 0 Å². The number of hydrogen-bond acceptors (Lipinski definition) is 6. The Kier molecular flexibility index (Phi) is 4.64. The fraction of sp³-hybridized carbons (Fsp3) is 0.800. The molecule has 98 valence electrons. The molecule has 17 heavy (non-hydrogen) atoms. The zero-order valence-electron chi connectivity index (χ0n) is 10.4. The van der Waals surface area contributed by atoms with Gasteiger partial charge < -0.3 is 10.3 Å². The molecule has 0 radical (unpaired) electrons. The monoisotopic (exact) mass is 261 g/mol. The van der Waals surface area contributed by atoms with Crippen LogP contribution in [0.4, 0.5) is 0 Å². The van der Waals surface area contributed by atoms with Crippen LogP contribution in [0.1, 0.15) is 49.6 Å². The molecule has 0 amide bonds. The Morgan fingerprint density at radius 3 is 2.59 bits per heavy atom. The van der Waals surface area contributed by atoms with Gasteiger partial charge in [-0.3, -0.25) is 0 Å². The van der Waals surface area contributed by atoms with E-state index in [9.17, 15) is 8.42 Å². The summed E-state index contributed by atoms with van der Waals surface area (Å²) in [5.41, 5.74) is 5.62. The summed E-state index contributed by atoms with van der Waals surface area (Å²) in [4.78, 5) is 4.13. The van der Waals surface area contributed by atoms with Crippen molar-refractivity contribution in [2.24, 2.45) is 5.73 Å². The number of hydrogen-bond donors (Lipinski definition) is 1. The summed E-state index contributed by atoms with van der Waals surface area (Å²) >= 11 is 0. The minimum atomic E-state index is -3.20. The van der Waals surface area contributed by atoms with Crippen LogP contribution in [-0.2, 0) is 9.84 Å². The molecular formula is C10H19N3O3S. The van der Waals surface area contributed by atoms with Crippen LogP contribution in [0.15, 0.2) is 4.52 Å². The van der Waals surface area contributed by atoms with E-state index in [1.54, 1.807) is 6.92 Å². The zero-order valence-corrected chi connectivity index (χ0v) is 11.2. The van der Waals surface area contributed by atoms with Crippen molar-refractivity contribution in [3.8, 4) is 0 Å². The Labute approximate surface area is 102 Å². The third kappa shape index (κ3) is 3.50. The lowest BCUT2D eigenvalue weighted by Crippen LogP contribution is -2.13. The molecule has 7 heteroatoms. The topological polar surface area (TPSA) is 99.1 Å². The highest BCUT2D eigenvalue weighted by atomic mass is 32.2. The molecule has 2 N–H and O–H groups in total. The highest BCUT2D eigenvalue weighted by molar-refractivity contribution is 7.90. The lowest BCUT2D eigenvalue weighted by Gasteiger charge is -2.07. The van der Waals surface area contributed by atoms with Crippen LogP contribution in [0.5, 0.6) is 0 Å². The summed E-state index contributed by atoms with van der Waals surface area (Å²) in [5, 5.41) is 2.96. The molecule has 0 aromatic carbocycles. The van der Waals surface area contributed by atoms with Crippen molar-refractivity contribution >= 4 is 9.84 Å². The summed E-state index contributed by atoms with van der Waals surface area (Å²) in [6, 6.07) is 0. The summed E-state index contributed by atoms with van der Waals surface area (Å²) in [5.74, 6) is 0.643. The van der Waals surface area contributed by atoms with Crippen LogP contribution >= 0.6 is 0 Å². The molecule has 1 heterocycles. The Hall–Kier alpha value is -0.950. The van der Waals surface area contributed by atoms with E-state index >= 15 is 0 Å². The van der Waals surface area contributed by atoms with Gasteiger partial charge in [0.2, 0.25) is 5.89 Å². The second kappa shape index (κ2) is 5.59. The molecule has 0 spiro atoms. The third-order valence-corrected chi connectivity index (χ3v) is 4.23. The molecule has 0 aliphatic heterocycles. The van der Waals surface area contributed by atoms with E-state index < -0.39 is 15.1 Å². The largest absolute Gasteiger partial charge is 0.339 e. The lowest BCUT2D eigenvalue weighted by molar-refractivity contribution is 0.343. The Morgan fingerprint density at radius 2 is 2.12 bits per heavy atom. The molecule has 0 fully saturated rings. The Bertz CT molecular complexity index is 455. The average Bonchev–Trinajstić information content (AvgIpc) is 2.72. The van der Waals surface area contributed by atoms with Crippen molar-refractivity contribution in [3.05, 3.63) is 11.7 Å². The second-order valence-electron chi connectivity index (χ2n) is 4.18. The van der Waals surface area contributed by atoms with E-state index in [0.717, 1.165) is 19.1 Å². The first-order valence-electron chi connectivity index (χ1n) is 5.62. The molecule has 1 aromatic rings. The van der Waals surface area contributed by atoms with Crippen molar-refractivity contribution in [3.63, 3.8) is 0 Å². The first kappa shape index (κ1) is 14.1. The van der Waals surface area contributed by atoms with E-state index in [4.69, 9.17) is 10.3 Å². The predicted octanol–water partition coefficient (Wildman–Crippen LogP) is 1.02. The maximum atomic E-state index is 11.4. The molecule has 0 saturated heterocycles. The van der Waals surface area contributed by atoms with Gasteiger partial charge in [-0.25, -0.2) is 8.42 Å². The molecule has 0 aliphatic carbocycles. The highest BCUT2D eigenvalue weighted by Gasteiger charge is 2.25. The van der Waals surface area contributed by atoms with E-state index in [1.807, 2.05) is 6.92 Å². The predicted molar refractivity (Wildman–Crippen MR) is 64.3 cm³/mol. The third-order valence-electron chi connectivity index (χ3n) is 2.73. The SMILES string of the molecule is CCCC(CN)c1nc(C(C)S(C)(=O)=O)no1. The van der Waals surface area contributed by atoms with Crippen LogP contribution in [0.25, 0.3) is 0 Å². The standard InChI is InChI=1S/C10H19N3O3S/c1-4-5-8(6-11)10-12-9(13-16-10)7(2)17(3,14)15/h7-8H,4-6,11H2,1-3H3. The summed E-state index contributed by atoms with van der Waals surface area (Å²) in [6.07, 6.45) is 2.97. The van der Waals surface area contributed by atoms with Gasteiger partial charge in [-0.05, 0) is 13.3 Å². The van der Waals surface area contributed by atoms with Gasteiger partial charge in [-0.1, -0.05) is 18.5 Å². The Balaban J connectivity index is 2.91. The minimum Gasteiger partial charge on any atom is -0.339 e. The average molecular weight is 261 g/mol. The van der Waals surface area contributed by atoms with Gasteiger partial charge in [0.15, 0.2) is 15.7 Å². The zero-order chi connectivity index (χ0) is 13.1. The Morgan fingerprint density at radius 1 is 1.47 bits per heavy atom. The van der Waals surface area contributed by atoms with Crippen molar-refractivity contribution in [1.29, 1.82) is 0 Å². The van der Waals surface area contributed by atoms with Crippen LogP contribution in [0.3, 0.4) is 0 Å². The molecule has 0 saturated carbocycles. The van der Waals surface area contributed by atoms with E-state index in [0.29, 0.717) is 12.4 Å². The summed E-state index contributed by atoms with van der Waals surface area (Å²) in [7, 11) is -3.20. The van der Waals surface area contributed by atoms with Crippen LogP contribution in [0, 0.1) is 0 Å². The van der Waals surface area contributed by atoms with Gasteiger partial charge in [0.25, 0.3) is 0 Å². The quantitative estimate of drug-likeness (QED) is 0.820. The summed E-state index contributed by atoms with van der Waals surface area (Å²) in [6.45, 7) is 4.00. The molecule has 1 aromatic heterocycles. The number of nitrogens with two attached hydrogens (primary N) is 1. The maximum Gasteiger partial charge on any atom is 0.231 e.